The van der Waals surface area contributed by atoms with Crippen LogP contribution in [0.5, 0.6) is 0 Å². The van der Waals surface area contributed by atoms with Crippen molar-refractivity contribution in [3.05, 3.63) is 12.2 Å². The molecule has 0 fully saturated rings. The number of rotatable bonds is 19. The lowest BCUT2D eigenvalue weighted by molar-refractivity contribution is -0.171. The zero-order valence-electron chi connectivity index (χ0n) is 19.3. The molecule has 0 aromatic heterocycles. The lowest BCUT2D eigenvalue weighted by Gasteiger charge is -2.16. The Morgan fingerprint density at radius 1 is 0.806 bits per heavy atom. The molecule has 180 valence electrons. The Morgan fingerprint density at radius 2 is 1.32 bits per heavy atom. The summed E-state index contributed by atoms with van der Waals surface area (Å²) in [6, 6.07) is 0. The number of aliphatic hydroxyl groups is 3. The van der Waals surface area contributed by atoms with Crippen LogP contribution in [0.25, 0.3) is 0 Å². The Kier molecular flexibility index (Phi) is 18.2. The van der Waals surface area contributed by atoms with E-state index >= 15 is 0 Å². The molecule has 0 rings (SSSR count). The lowest BCUT2D eigenvalue weighted by Crippen LogP contribution is -2.37. The molecule has 0 aliphatic rings. The first kappa shape index (κ1) is 29.4. The van der Waals surface area contributed by atoms with E-state index < -0.39 is 42.5 Å². The second-order valence-corrected chi connectivity index (χ2v) is 8.09. The first-order valence-electron chi connectivity index (χ1n) is 11.8. The van der Waals surface area contributed by atoms with Gasteiger partial charge in [0, 0.05) is 0 Å². The number of carbonyl (C=O) groups is 3. The van der Waals surface area contributed by atoms with Crippen LogP contribution < -0.4 is 0 Å². The second kappa shape index (κ2) is 19.1. The van der Waals surface area contributed by atoms with Crippen LogP contribution in [-0.2, 0) is 19.1 Å². The van der Waals surface area contributed by atoms with E-state index in [0.29, 0.717) is 6.42 Å². The molecule has 0 spiro atoms. The Labute approximate surface area is 186 Å². The summed E-state index contributed by atoms with van der Waals surface area (Å²) in [4.78, 5) is 35.6. The quantitative estimate of drug-likeness (QED) is 0.121. The van der Waals surface area contributed by atoms with Crippen LogP contribution in [-0.4, -0.2) is 51.9 Å². The van der Waals surface area contributed by atoms with Gasteiger partial charge in [0.2, 0.25) is 0 Å². The van der Waals surface area contributed by atoms with Crippen molar-refractivity contribution in [1.82, 2.24) is 0 Å². The number of unbranched alkanes of at least 4 members (excludes halogenated alkanes) is 10. The van der Waals surface area contributed by atoms with Crippen LogP contribution in [0.4, 0.5) is 0 Å². The van der Waals surface area contributed by atoms with Crippen molar-refractivity contribution in [2.45, 2.75) is 110 Å². The molecule has 0 radical (unpaired) electrons. The summed E-state index contributed by atoms with van der Waals surface area (Å²) in [5.74, 6) is -4.37. The SMILES string of the molecule is CCCCCCCC/C=C\CCCCCCC(C(=O)OC(=O)C(O)CO)C(=O)C(C)O. The Morgan fingerprint density at radius 3 is 1.84 bits per heavy atom. The topological polar surface area (TPSA) is 121 Å². The first-order chi connectivity index (χ1) is 14.8. The average Bonchev–Trinajstić information content (AvgIpc) is 2.75. The summed E-state index contributed by atoms with van der Waals surface area (Å²) in [7, 11) is 0. The molecule has 3 N–H and O–H groups in total. The summed E-state index contributed by atoms with van der Waals surface area (Å²) in [5, 5.41) is 27.4. The van der Waals surface area contributed by atoms with Gasteiger partial charge in [-0.05, 0) is 39.0 Å². The van der Waals surface area contributed by atoms with Gasteiger partial charge in [-0.25, -0.2) is 4.79 Å². The Hall–Kier alpha value is -1.57. The maximum absolute atomic E-state index is 12.1. The Bertz CT molecular complexity index is 528. The van der Waals surface area contributed by atoms with Crippen LogP contribution >= 0.6 is 0 Å². The molecule has 0 saturated carbocycles. The normalized spacial score (nSPS) is 14.4. The molecule has 0 aromatic rings. The molecule has 0 aromatic carbocycles. The van der Waals surface area contributed by atoms with Gasteiger partial charge in [0.25, 0.3) is 0 Å². The molecular weight excluding hydrogens is 400 g/mol. The molecule has 0 amide bonds. The summed E-state index contributed by atoms with van der Waals surface area (Å²) in [5.41, 5.74) is 0. The molecule has 0 saturated heterocycles. The van der Waals surface area contributed by atoms with E-state index in [1.807, 2.05) is 0 Å². The summed E-state index contributed by atoms with van der Waals surface area (Å²) in [6.45, 7) is 2.60. The third-order valence-electron chi connectivity index (χ3n) is 5.19. The fourth-order valence-corrected chi connectivity index (χ4v) is 3.22. The molecule has 7 heteroatoms. The third-order valence-corrected chi connectivity index (χ3v) is 5.19. The maximum atomic E-state index is 12.1. The van der Waals surface area contributed by atoms with Gasteiger partial charge in [-0.2, -0.15) is 0 Å². The number of allylic oxidation sites excluding steroid dienone is 2. The monoisotopic (exact) mass is 442 g/mol. The number of aliphatic hydroxyl groups excluding tert-OH is 3. The first-order valence-corrected chi connectivity index (χ1v) is 11.8. The lowest BCUT2D eigenvalue weighted by atomic mass is 9.93. The molecule has 31 heavy (non-hydrogen) atoms. The van der Waals surface area contributed by atoms with E-state index in [1.165, 1.54) is 45.4 Å². The maximum Gasteiger partial charge on any atom is 0.345 e. The number of esters is 2. The molecule has 3 unspecified atom stereocenters. The molecule has 3 atom stereocenters. The van der Waals surface area contributed by atoms with Crippen molar-refractivity contribution < 1.29 is 34.4 Å². The van der Waals surface area contributed by atoms with Crippen molar-refractivity contribution >= 4 is 17.7 Å². The van der Waals surface area contributed by atoms with Crippen LogP contribution in [0.1, 0.15) is 97.3 Å². The molecule has 0 aliphatic carbocycles. The van der Waals surface area contributed by atoms with E-state index in [-0.39, 0.29) is 6.42 Å². The van der Waals surface area contributed by atoms with Crippen LogP contribution in [0, 0.1) is 5.92 Å². The van der Waals surface area contributed by atoms with E-state index in [0.717, 1.165) is 32.1 Å². The van der Waals surface area contributed by atoms with Gasteiger partial charge in [-0.15, -0.1) is 0 Å². The highest BCUT2D eigenvalue weighted by atomic mass is 16.6. The van der Waals surface area contributed by atoms with E-state index in [9.17, 15) is 24.6 Å². The second-order valence-electron chi connectivity index (χ2n) is 8.09. The van der Waals surface area contributed by atoms with Gasteiger partial charge in [0.05, 0.1) is 6.61 Å². The highest BCUT2D eigenvalue weighted by Crippen LogP contribution is 2.17. The number of hydrogen-bond donors (Lipinski definition) is 3. The Balaban J connectivity index is 4.07. The highest BCUT2D eigenvalue weighted by molar-refractivity contribution is 6.04. The van der Waals surface area contributed by atoms with Gasteiger partial charge in [0.1, 0.15) is 12.0 Å². The third kappa shape index (κ3) is 15.0. The average molecular weight is 443 g/mol. The van der Waals surface area contributed by atoms with Crippen LogP contribution in [0.15, 0.2) is 12.2 Å². The summed E-state index contributed by atoms with van der Waals surface area (Å²) in [6.07, 6.45) is 14.7. The van der Waals surface area contributed by atoms with Gasteiger partial charge in [-0.3, -0.25) is 9.59 Å². The van der Waals surface area contributed by atoms with Crippen molar-refractivity contribution in [2.24, 2.45) is 5.92 Å². The predicted octanol–water partition coefficient (Wildman–Crippen LogP) is 3.62. The fraction of sp³-hybridized carbons (Fsp3) is 0.792. The molecule has 7 nitrogen and oxygen atoms in total. The zero-order chi connectivity index (χ0) is 23.5. The van der Waals surface area contributed by atoms with Gasteiger partial charge in [0.15, 0.2) is 11.9 Å². The van der Waals surface area contributed by atoms with E-state index in [1.54, 1.807) is 0 Å². The fourth-order valence-electron chi connectivity index (χ4n) is 3.22. The number of Topliss-reactive ketones (excluding diaryl/α,β-unsaturated/α-hetero) is 1. The number of hydrogen-bond acceptors (Lipinski definition) is 7. The summed E-state index contributed by atoms with van der Waals surface area (Å²) < 4.78 is 4.48. The highest BCUT2D eigenvalue weighted by Gasteiger charge is 2.33. The predicted molar refractivity (Wildman–Crippen MR) is 119 cm³/mol. The minimum Gasteiger partial charge on any atom is -0.393 e. The molecule has 0 heterocycles. The number of ether oxygens (including phenoxy) is 1. The minimum absolute atomic E-state index is 0.166. The largest absolute Gasteiger partial charge is 0.393 e. The van der Waals surface area contributed by atoms with Gasteiger partial charge >= 0.3 is 11.9 Å². The van der Waals surface area contributed by atoms with Crippen molar-refractivity contribution in [3.63, 3.8) is 0 Å². The van der Waals surface area contributed by atoms with Crippen LogP contribution in [0.3, 0.4) is 0 Å². The van der Waals surface area contributed by atoms with Gasteiger partial charge < -0.3 is 20.1 Å². The smallest absolute Gasteiger partial charge is 0.345 e. The van der Waals surface area contributed by atoms with Crippen molar-refractivity contribution in [2.75, 3.05) is 6.61 Å². The summed E-state index contributed by atoms with van der Waals surface area (Å²) >= 11 is 0. The van der Waals surface area contributed by atoms with Gasteiger partial charge in [-0.1, -0.05) is 70.4 Å². The van der Waals surface area contributed by atoms with Crippen LogP contribution in [0.2, 0.25) is 0 Å². The standard InChI is InChI=1S/C24H42O7/c1-3-4-5-6-7-8-9-10-11-12-13-14-15-16-17-20(22(28)19(2)26)23(29)31-24(30)21(27)18-25/h10-11,19-21,25-27H,3-9,12-18H2,1-2H3/b11-10-. The molecular formula is C24H42O7. The van der Waals surface area contributed by atoms with Crippen molar-refractivity contribution in [1.29, 1.82) is 0 Å². The minimum atomic E-state index is -1.83. The molecule has 0 bridgehead atoms. The van der Waals surface area contributed by atoms with E-state index in [2.05, 4.69) is 23.8 Å². The number of ketones is 1. The zero-order valence-corrected chi connectivity index (χ0v) is 19.3. The van der Waals surface area contributed by atoms with E-state index in [4.69, 9.17) is 5.11 Å². The number of carbonyl (C=O) groups excluding carboxylic acids is 3. The van der Waals surface area contributed by atoms with Crippen molar-refractivity contribution in [3.8, 4) is 0 Å². The molecule has 0 aliphatic heterocycles.